The molecule has 0 fully saturated rings. The second-order valence-electron chi connectivity index (χ2n) is 5.61. The Morgan fingerprint density at radius 1 is 0.960 bits per heavy atom. The molecule has 4 aromatic rings. The van der Waals surface area contributed by atoms with Gasteiger partial charge in [0.2, 0.25) is 5.91 Å². The van der Waals surface area contributed by atoms with Crippen LogP contribution in [0.15, 0.2) is 55.9 Å². The van der Waals surface area contributed by atoms with Crippen molar-refractivity contribution in [3.8, 4) is 11.3 Å². The van der Waals surface area contributed by atoms with Gasteiger partial charge in [0, 0.05) is 36.7 Å². The summed E-state index contributed by atoms with van der Waals surface area (Å²) in [5, 5.41) is 10.5. The molecular formula is C18H10Br3N3O. The lowest BCUT2D eigenvalue weighted by atomic mass is 10.1. The zero-order valence-corrected chi connectivity index (χ0v) is 17.7. The highest BCUT2D eigenvalue weighted by atomic mass is 79.9. The fourth-order valence-electron chi connectivity index (χ4n) is 2.93. The van der Waals surface area contributed by atoms with Crippen molar-refractivity contribution in [1.82, 2.24) is 14.8 Å². The van der Waals surface area contributed by atoms with Gasteiger partial charge in [-0.15, -0.1) is 10.2 Å². The van der Waals surface area contributed by atoms with Gasteiger partial charge in [0.05, 0.1) is 11.2 Å². The fourth-order valence-corrected chi connectivity index (χ4v) is 4.61. The third-order valence-electron chi connectivity index (χ3n) is 3.99. The molecular weight excluding hydrogens is 514 g/mol. The molecule has 0 atom stereocenters. The van der Waals surface area contributed by atoms with Gasteiger partial charge in [-0.25, -0.2) is 0 Å². The van der Waals surface area contributed by atoms with Crippen molar-refractivity contribution < 1.29 is 4.79 Å². The van der Waals surface area contributed by atoms with Crippen LogP contribution in [0.5, 0.6) is 0 Å². The van der Waals surface area contributed by atoms with Gasteiger partial charge in [0.1, 0.15) is 0 Å². The number of hydrogen-bond acceptors (Lipinski definition) is 3. The van der Waals surface area contributed by atoms with Crippen molar-refractivity contribution >= 4 is 75.6 Å². The molecule has 0 saturated carbocycles. The Hall–Kier alpha value is -1.57. The zero-order chi connectivity index (χ0) is 17.7. The van der Waals surface area contributed by atoms with E-state index in [1.54, 1.807) is 4.57 Å². The van der Waals surface area contributed by atoms with Crippen LogP contribution in [0.2, 0.25) is 0 Å². The first kappa shape index (κ1) is 16.9. The summed E-state index contributed by atoms with van der Waals surface area (Å²) < 4.78 is 4.39. The number of hydrogen-bond donors (Lipinski definition) is 0. The van der Waals surface area contributed by atoms with Gasteiger partial charge >= 0.3 is 0 Å². The maximum atomic E-state index is 12.2. The molecule has 0 aliphatic heterocycles. The first-order valence-electron chi connectivity index (χ1n) is 7.39. The molecule has 2 aromatic heterocycles. The van der Waals surface area contributed by atoms with Crippen molar-refractivity contribution in [1.29, 1.82) is 0 Å². The lowest BCUT2D eigenvalue weighted by Crippen LogP contribution is -2.06. The third kappa shape index (κ3) is 2.84. The monoisotopic (exact) mass is 521 g/mol. The highest BCUT2D eigenvalue weighted by Crippen LogP contribution is 2.37. The van der Waals surface area contributed by atoms with Gasteiger partial charge in [-0.3, -0.25) is 9.36 Å². The van der Waals surface area contributed by atoms with Crippen molar-refractivity contribution in [3.63, 3.8) is 0 Å². The summed E-state index contributed by atoms with van der Waals surface area (Å²) in [4.78, 5) is 12.2. The van der Waals surface area contributed by atoms with E-state index in [0.29, 0.717) is 5.65 Å². The number of fused-ring (bicyclic) bond motifs is 3. The number of rotatable bonds is 1. The molecule has 4 nitrogen and oxygen atoms in total. The first-order valence-corrected chi connectivity index (χ1v) is 9.77. The molecule has 0 aliphatic rings. The molecule has 0 spiro atoms. The van der Waals surface area contributed by atoms with Gasteiger partial charge < -0.3 is 0 Å². The Balaban J connectivity index is 2.09. The van der Waals surface area contributed by atoms with E-state index in [1.165, 1.54) is 6.92 Å². The van der Waals surface area contributed by atoms with Gasteiger partial charge in [-0.2, -0.15) is 0 Å². The average Bonchev–Trinajstić information content (AvgIpc) is 2.88. The van der Waals surface area contributed by atoms with Crippen LogP contribution in [0.1, 0.15) is 11.7 Å². The highest BCUT2D eigenvalue weighted by Gasteiger charge is 2.19. The van der Waals surface area contributed by atoms with E-state index < -0.39 is 0 Å². The maximum Gasteiger partial charge on any atom is 0.229 e. The second-order valence-corrected chi connectivity index (χ2v) is 8.30. The Bertz CT molecular complexity index is 1150. The van der Waals surface area contributed by atoms with Gasteiger partial charge in [0.25, 0.3) is 0 Å². The minimum absolute atomic E-state index is 0.101. The smallest absolute Gasteiger partial charge is 0.229 e. The standard InChI is InChI=1S/C18H10Br3N3O/c1-9(25)24-16-7-12(20)6-14(21)17(16)13-8-15(22-23-18(13)24)10-2-4-11(19)5-3-10/h2-8H,1H3. The van der Waals surface area contributed by atoms with E-state index in [1.807, 2.05) is 42.5 Å². The van der Waals surface area contributed by atoms with Crippen LogP contribution in [0.25, 0.3) is 33.2 Å². The van der Waals surface area contributed by atoms with Crippen molar-refractivity contribution in [3.05, 3.63) is 55.9 Å². The van der Waals surface area contributed by atoms with Crippen molar-refractivity contribution in [2.45, 2.75) is 6.92 Å². The number of aromatic nitrogens is 3. The van der Waals surface area contributed by atoms with Gasteiger partial charge in [-0.05, 0) is 30.3 Å². The maximum absolute atomic E-state index is 12.2. The summed E-state index contributed by atoms with van der Waals surface area (Å²) >= 11 is 10.5. The SMILES string of the molecule is CC(=O)n1c2cc(Br)cc(Br)c2c2cc(-c3ccc(Br)cc3)nnc21. The lowest BCUT2D eigenvalue weighted by molar-refractivity contribution is 0.0945. The van der Waals surface area contributed by atoms with Crippen molar-refractivity contribution in [2.24, 2.45) is 0 Å². The quantitative estimate of drug-likeness (QED) is 0.298. The molecule has 4 rings (SSSR count). The van der Waals surface area contributed by atoms with Crippen LogP contribution >= 0.6 is 47.8 Å². The number of halogens is 3. The molecule has 124 valence electrons. The highest BCUT2D eigenvalue weighted by molar-refractivity contribution is 9.11. The molecule has 0 radical (unpaired) electrons. The Kier molecular flexibility index (Phi) is 4.25. The molecule has 2 heterocycles. The molecule has 0 bridgehead atoms. The number of benzene rings is 2. The second kappa shape index (κ2) is 6.30. The van der Waals surface area contributed by atoms with E-state index in [9.17, 15) is 4.79 Å². The normalized spacial score (nSPS) is 11.4. The molecule has 0 amide bonds. The van der Waals surface area contributed by atoms with Crippen LogP contribution in [0.4, 0.5) is 0 Å². The fraction of sp³-hybridized carbons (Fsp3) is 0.0556. The molecule has 0 saturated heterocycles. The molecule has 2 aromatic carbocycles. The van der Waals surface area contributed by atoms with Crippen LogP contribution < -0.4 is 0 Å². The predicted octanol–water partition coefficient (Wildman–Crippen LogP) is 6.20. The number of carbonyl (C=O) groups is 1. The van der Waals surface area contributed by atoms with E-state index in [0.717, 1.165) is 41.0 Å². The van der Waals surface area contributed by atoms with Gasteiger partial charge in [0.15, 0.2) is 5.65 Å². The zero-order valence-electron chi connectivity index (χ0n) is 12.9. The minimum atomic E-state index is -0.101. The van der Waals surface area contributed by atoms with Crippen LogP contribution in [-0.2, 0) is 0 Å². The first-order chi connectivity index (χ1) is 12.0. The molecule has 0 unspecified atom stereocenters. The Labute approximate surface area is 168 Å². The van der Waals surface area contributed by atoms with Crippen LogP contribution in [-0.4, -0.2) is 20.7 Å². The summed E-state index contributed by atoms with van der Waals surface area (Å²) in [5.74, 6) is -0.101. The Morgan fingerprint density at radius 3 is 2.36 bits per heavy atom. The number of carbonyl (C=O) groups excluding carboxylic acids is 1. The lowest BCUT2D eigenvalue weighted by Gasteiger charge is -2.02. The van der Waals surface area contributed by atoms with E-state index in [-0.39, 0.29) is 5.91 Å². The van der Waals surface area contributed by atoms with Crippen LogP contribution in [0, 0.1) is 0 Å². The summed E-state index contributed by atoms with van der Waals surface area (Å²) in [7, 11) is 0. The van der Waals surface area contributed by atoms with E-state index in [4.69, 9.17) is 0 Å². The molecule has 7 heteroatoms. The van der Waals surface area contributed by atoms with Crippen molar-refractivity contribution in [2.75, 3.05) is 0 Å². The minimum Gasteiger partial charge on any atom is -0.274 e. The van der Waals surface area contributed by atoms with E-state index >= 15 is 0 Å². The third-order valence-corrected chi connectivity index (χ3v) is 5.60. The van der Waals surface area contributed by atoms with E-state index in [2.05, 4.69) is 58.0 Å². The Morgan fingerprint density at radius 2 is 1.68 bits per heavy atom. The number of nitrogens with zero attached hydrogens (tertiary/aromatic N) is 3. The van der Waals surface area contributed by atoms with Gasteiger partial charge in [-0.1, -0.05) is 59.9 Å². The summed E-state index contributed by atoms with van der Waals surface area (Å²) in [6, 6.07) is 13.8. The summed E-state index contributed by atoms with van der Waals surface area (Å²) in [5.41, 5.74) is 3.08. The summed E-state index contributed by atoms with van der Waals surface area (Å²) in [6.45, 7) is 1.53. The average molecular weight is 524 g/mol. The summed E-state index contributed by atoms with van der Waals surface area (Å²) in [6.07, 6.45) is 0. The molecule has 0 N–H and O–H groups in total. The van der Waals surface area contributed by atoms with Crippen LogP contribution in [0.3, 0.4) is 0 Å². The topological polar surface area (TPSA) is 47.8 Å². The molecule has 25 heavy (non-hydrogen) atoms. The largest absolute Gasteiger partial charge is 0.274 e. The molecule has 0 aliphatic carbocycles. The predicted molar refractivity (Wildman–Crippen MR) is 110 cm³/mol.